The Labute approximate surface area is 174 Å². The van der Waals surface area contributed by atoms with E-state index >= 15 is 0 Å². The molecule has 1 saturated carbocycles. The van der Waals surface area contributed by atoms with E-state index in [1.165, 1.54) is 17.3 Å². The molecule has 4 aliphatic heterocycles. The number of para-hydroxylation sites is 1. The monoisotopic (exact) mass is 416 g/mol. The van der Waals surface area contributed by atoms with E-state index in [1.807, 2.05) is 6.26 Å². The molecule has 4 fully saturated rings. The summed E-state index contributed by atoms with van der Waals surface area (Å²) in [5.41, 5.74) is 1.53. The van der Waals surface area contributed by atoms with Gasteiger partial charge in [0.2, 0.25) is 10.3 Å². The first-order valence-electron chi connectivity index (χ1n) is 10.1. The van der Waals surface area contributed by atoms with E-state index in [1.54, 1.807) is 0 Å². The molecule has 7 heteroatoms. The van der Waals surface area contributed by atoms with Crippen molar-refractivity contribution in [3.8, 4) is 0 Å². The van der Waals surface area contributed by atoms with Gasteiger partial charge in [0, 0.05) is 24.1 Å². The SMILES string of the molecule is CSC(=S)O[C@@H]1C[C@]23CCO[C@@]24N(CC[C@]42c4ccccc4N[C@H]12)C(=O)CC3. The van der Waals surface area contributed by atoms with E-state index < -0.39 is 5.72 Å². The second-order valence-corrected chi connectivity index (χ2v) is 10.2. The molecule has 1 aromatic carbocycles. The average Bonchev–Trinajstić information content (AvgIpc) is 3.36. The van der Waals surface area contributed by atoms with Crippen LogP contribution in [0.15, 0.2) is 24.3 Å². The molecule has 1 aromatic rings. The molecule has 2 spiro atoms. The Hall–Kier alpha value is -1.31. The number of hydrogen-bond acceptors (Lipinski definition) is 6. The van der Waals surface area contributed by atoms with Gasteiger partial charge in [-0.1, -0.05) is 30.0 Å². The Balaban J connectivity index is 1.60. The van der Waals surface area contributed by atoms with Crippen LogP contribution in [-0.4, -0.2) is 52.5 Å². The number of piperidine rings is 1. The fourth-order valence-electron chi connectivity index (χ4n) is 7.29. The van der Waals surface area contributed by atoms with Crippen molar-refractivity contribution in [2.75, 3.05) is 24.7 Å². The molecule has 0 radical (unpaired) electrons. The number of carbonyl (C=O) groups excluding carboxylic acids is 1. The Morgan fingerprint density at radius 3 is 3.07 bits per heavy atom. The lowest BCUT2D eigenvalue weighted by atomic mass is 9.49. The predicted molar refractivity (Wildman–Crippen MR) is 112 cm³/mol. The van der Waals surface area contributed by atoms with Crippen LogP contribution in [0.2, 0.25) is 0 Å². The van der Waals surface area contributed by atoms with Crippen molar-refractivity contribution in [1.82, 2.24) is 4.90 Å². The number of thiocarbonyl (C=S) groups is 1. The lowest BCUT2D eigenvalue weighted by Crippen LogP contribution is -2.76. The number of hydrogen-bond donors (Lipinski definition) is 1. The van der Waals surface area contributed by atoms with Gasteiger partial charge in [0.05, 0.1) is 18.1 Å². The molecule has 5 atom stereocenters. The Kier molecular flexibility index (Phi) is 3.53. The number of nitrogens with zero attached hydrogens (tertiary/aromatic N) is 1. The molecule has 1 N–H and O–H groups in total. The zero-order valence-corrected chi connectivity index (χ0v) is 17.5. The molecule has 0 bridgehead atoms. The maximum atomic E-state index is 13.0. The van der Waals surface area contributed by atoms with Gasteiger partial charge < -0.3 is 19.7 Å². The lowest BCUT2D eigenvalue weighted by molar-refractivity contribution is -0.239. The van der Waals surface area contributed by atoms with Crippen LogP contribution in [0.5, 0.6) is 0 Å². The molecular weight excluding hydrogens is 392 g/mol. The number of rotatable bonds is 1. The van der Waals surface area contributed by atoms with Gasteiger partial charge in [-0.3, -0.25) is 4.79 Å². The number of thioether (sulfide) groups is 1. The van der Waals surface area contributed by atoms with Crippen molar-refractivity contribution >= 4 is 40.0 Å². The molecule has 5 nitrogen and oxygen atoms in total. The summed E-state index contributed by atoms with van der Waals surface area (Å²) in [5.74, 6) is 0.247. The summed E-state index contributed by atoms with van der Waals surface area (Å²) in [6, 6.07) is 8.60. The number of carbonyl (C=O) groups is 1. The van der Waals surface area contributed by atoms with Crippen LogP contribution >= 0.6 is 24.0 Å². The van der Waals surface area contributed by atoms with E-state index in [-0.39, 0.29) is 28.9 Å². The number of nitrogens with one attached hydrogen (secondary N) is 1. The van der Waals surface area contributed by atoms with Crippen molar-refractivity contribution in [2.45, 2.75) is 55.4 Å². The fourth-order valence-corrected chi connectivity index (χ4v) is 7.63. The smallest absolute Gasteiger partial charge is 0.224 e. The third-order valence-electron chi connectivity index (χ3n) is 8.07. The predicted octanol–water partition coefficient (Wildman–Crippen LogP) is 3.28. The van der Waals surface area contributed by atoms with Gasteiger partial charge in [0.25, 0.3) is 0 Å². The molecule has 6 rings (SSSR count). The summed E-state index contributed by atoms with van der Waals surface area (Å²) in [6.45, 7) is 1.47. The molecule has 148 valence electrons. The Bertz CT molecular complexity index is 894. The molecule has 3 saturated heterocycles. The van der Waals surface area contributed by atoms with Gasteiger partial charge in [-0.15, -0.1) is 0 Å². The molecule has 28 heavy (non-hydrogen) atoms. The standard InChI is InChI=1S/C21H24N2O3S2/c1-28-18(27)26-15-12-19-7-6-16(24)23-10-8-20(21(19,23)25-11-9-19)13-4-2-3-5-14(13)22-17(15)20/h2-5,15,17,22H,6-12H2,1H3/t15-,17-,19+,20-,21+/m1/s1. The van der Waals surface area contributed by atoms with Crippen LogP contribution in [0.4, 0.5) is 5.69 Å². The zero-order chi connectivity index (χ0) is 19.1. The van der Waals surface area contributed by atoms with Gasteiger partial charge in [0.1, 0.15) is 6.10 Å². The second kappa shape index (κ2) is 5.64. The average molecular weight is 417 g/mol. The molecule has 1 aliphatic carbocycles. The van der Waals surface area contributed by atoms with Crippen molar-refractivity contribution in [3.63, 3.8) is 0 Å². The Morgan fingerprint density at radius 2 is 2.21 bits per heavy atom. The van der Waals surface area contributed by atoms with Crippen LogP contribution in [0.1, 0.15) is 37.7 Å². The van der Waals surface area contributed by atoms with Crippen molar-refractivity contribution in [3.05, 3.63) is 29.8 Å². The summed E-state index contributed by atoms with van der Waals surface area (Å²) in [7, 11) is 0. The largest absolute Gasteiger partial charge is 0.473 e. The number of ether oxygens (including phenoxy) is 2. The van der Waals surface area contributed by atoms with Gasteiger partial charge in [-0.25, -0.2) is 0 Å². The van der Waals surface area contributed by atoms with Gasteiger partial charge in [-0.05, 0) is 55.8 Å². The van der Waals surface area contributed by atoms with Crippen LogP contribution in [0, 0.1) is 5.41 Å². The summed E-state index contributed by atoms with van der Waals surface area (Å²) < 4.78 is 13.7. The van der Waals surface area contributed by atoms with E-state index in [4.69, 9.17) is 21.7 Å². The third-order valence-corrected chi connectivity index (χ3v) is 9.10. The minimum Gasteiger partial charge on any atom is -0.473 e. The third kappa shape index (κ3) is 1.76. The van der Waals surface area contributed by atoms with Crippen molar-refractivity contribution in [2.24, 2.45) is 5.41 Å². The highest BCUT2D eigenvalue weighted by Gasteiger charge is 2.82. The highest BCUT2D eigenvalue weighted by atomic mass is 32.2. The van der Waals surface area contributed by atoms with Gasteiger partial charge >= 0.3 is 0 Å². The highest BCUT2D eigenvalue weighted by Crippen LogP contribution is 2.72. The highest BCUT2D eigenvalue weighted by molar-refractivity contribution is 8.22. The zero-order valence-electron chi connectivity index (χ0n) is 15.9. The van der Waals surface area contributed by atoms with Gasteiger partial charge in [-0.2, -0.15) is 0 Å². The summed E-state index contributed by atoms with van der Waals surface area (Å²) in [5, 5.41) is 3.77. The molecular formula is C21H24N2O3S2. The summed E-state index contributed by atoms with van der Waals surface area (Å²) in [4.78, 5) is 15.1. The second-order valence-electron chi connectivity index (χ2n) is 8.77. The lowest BCUT2D eigenvalue weighted by Gasteiger charge is -2.63. The van der Waals surface area contributed by atoms with E-state index in [2.05, 4.69) is 34.5 Å². The number of benzene rings is 1. The van der Waals surface area contributed by atoms with Crippen LogP contribution in [0.3, 0.4) is 0 Å². The summed E-state index contributed by atoms with van der Waals surface area (Å²) >= 11 is 6.95. The molecule has 1 amide bonds. The van der Waals surface area contributed by atoms with E-state index in [9.17, 15) is 4.79 Å². The van der Waals surface area contributed by atoms with Crippen molar-refractivity contribution < 1.29 is 14.3 Å². The van der Waals surface area contributed by atoms with Crippen LogP contribution in [0.25, 0.3) is 0 Å². The van der Waals surface area contributed by atoms with Crippen molar-refractivity contribution in [1.29, 1.82) is 0 Å². The fraction of sp³-hybridized carbons (Fsp3) is 0.619. The van der Waals surface area contributed by atoms with Crippen LogP contribution in [-0.2, 0) is 19.7 Å². The minimum atomic E-state index is -0.555. The molecule has 4 heterocycles. The minimum absolute atomic E-state index is 0.0182. The van der Waals surface area contributed by atoms with E-state index in [0.717, 1.165) is 37.9 Å². The topological polar surface area (TPSA) is 50.8 Å². The first-order chi connectivity index (χ1) is 13.6. The number of anilines is 1. The number of fused-ring (bicyclic) bond motifs is 1. The normalized spacial score (nSPS) is 42.3. The maximum Gasteiger partial charge on any atom is 0.224 e. The molecule has 0 unspecified atom stereocenters. The molecule has 5 aliphatic rings. The maximum absolute atomic E-state index is 13.0. The number of amides is 1. The first kappa shape index (κ1) is 17.5. The first-order valence-corrected chi connectivity index (χ1v) is 11.8. The van der Waals surface area contributed by atoms with Gasteiger partial charge in [0.15, 0.2) is 5.72 Å². The quantitative estimate of drug-likeness (QED) is 0.709. The van der Waals surface area contributed by atoms with E-state index in [0.29, 0.717) is 17.4 Å². The van der Waals surface area contributed by atoms with Crippen LogP contribution < -0.4 is 5.32 Å². The summed E-state index contributed by atoms with van der Waals surface area (Å²) in [6.07, 6.45) is 6.21. The Morgan fingerprint density at radius 1 is 1.36 bits per heavy atom. The molecule has 0 aromatic heterocycles.